The van der Waals surface area contributed by atoms with Crippen molar-refractivity contribution in [2.45, 2.75) is 26.1 Å². The number of carbonyl (C=O) groups excluding carboxylic acids is 1. The Kier molecular flexibility index (Phi) is 4.74. The van der Waals surface area contributed by atoms with Gasteiger partial charge in [-0.3, -0.25) is 4.79 Å². The van der Waals surface area contributed by atoms with E-state index in [4.69, 9.17) is 16.3 Å². The summed E-state index contributed by atoms with van der Waals surface area (Å²) >= 11 is 5.65. The van der Waals surface area contributed by atoms with Gasteiger partial charge in [0.25, 0.3) is 0 Å². The minimum atomic E-state index is -0.417. The molecule has 0 bridgehead atoms. The topological polar surface area (TPSA) is 26.3 Å². The molecule has 0 aromatic heterocycles. The number of alkyl halides is 1. The number of carbonyl (C=O) groups is 1. The van der Waals surface area contributed by atoms with E-state index in [1.54, 1.807) is 13.0 Å². The van der Waals surface area contributed by atoms with E-state index in [0.29, 0.717) is 12.2 Å². The van der Waals surface area contributed by atoms with Crippen LogP contribution < -0.4 is 0 Å². The van der Waals surface area contributed by atoms with Gasteiger partial charge in [-0.1, -0.05) is 6.07 Å². The summed E-state index contributed by atoms with van der Waals surface area (Å²) in [6.45, 7) is 3.86. The highest BCUT2D eigenvalue weighted by atomic mass is 35.5. The van der Waals surface area contributed by atoms with Crippen molar-refractivity contribution in [1.29, 1.82) is 0 Å². The van der Waals surface area contributed by atoms with E-state index in [1.165, 1.54) is 6.07 Å². The largest absolute Gasteiger partial charge is 0.466 e. The molecule has 1 aromatic carbocycles. The number of ether oxygens (including phenoxy) is 1. The lowest BCUT2D eigenvalue weighted by Gasteiger charge is -2.08. The molecule has 0 radical (unpaired) electrons. The Hall–Kier alpha value is -1.09. The number of esters is 1. The number of hydrogen-bond acceptors (Lipinski definition) is 2. The molecule has 0 aliphatic carbocycles. The molecule has 16 heavy (non-hydrogen) atoms. The van der Waals surface area contributed by atoms with Gasteiger partial charge >= 0.3 is 5.97 Å². The summed E-state index contributed by atoms with van der Waals surface area (Å²) in [6.07, 6.45) is -0.0386. The maximum atomic E-state index is 13.6. The highest BCUT2D eigenvalue weighted by Gasteiger charge is 2.11. The van der Waals surface area contributed by atoms with Crippen LogP contribution in [0.3, 0.4) is 0 Å². The first-order valence-corrected chi connectivity index (χ1v) is 5.61. The third-order valence-electron chi connectivity index (χ3n) is 2.29. The first-order chi connectivity index (χ1) is 7.58. The Balaban J connectivity index is 2.89. The van der Waals surface area contributed by atoms with Crippen LogP contribution in [0.15, 0.2) is 12.1 Å². The van der Waals surface area contributed by atoms with E-state index in [-0.39, 0.29) is 12.3 Å². The molecule has 0 heterocycles. The fourth-order valence-corrected chi connectivity index (χ4v) is 1.72. The zero-order valence-corrected chi connectivity index (χ0v) is 10.1. The molecule has 0 saturated heterocycles. The van der Waals surface area contributed by atoms with Crippen LogP contribution in [0.5, 0.6) is 0 Å². The predicted molar refractivity (Wildman–Crippen MR) is 61.0 cm³/mol. The molecule has 0 spiro atoms. The van der Waals surface area contributed by atoms with Crippen LogP contribution in [-0.2, 0) is 21.8 Å². The lowest BCUT2D eigenvalue weighted by Crippen LogP contribution is -2.09. The van der Waals surface area contributed by atoms with Crippen LogP contribution >= 0.6 is 11.6 Å². The van der Waals surface area contributed by atoms with Gasteiger partial charge in [-0.25, -0.2) is 4.39 Å². The van der Waals surface area contributed by atoms with E-state index in [2.05, 4.69) is 0 Å². The Morgan fingerprint density at radius 1 is 1.44 bits per heavy atom. The average molecular weight is 245 g/mol. The van der Waals surface area contributed by atoms with Gasteiger partial charge in [0, 0.05) is 5.88 Å². The molecule has 0 fully saturated rings. The van der Waals surface area contributed by atoms with Crippen molar-refractivity contribution in [3.8, 4) is 0 Å². The molecule has 2 nitrogen and oxygen atoms in total. The summed E-state index contributed by atoms with van der Waals surface area (Å²) < 4.78 is 18.3. The van der Waals surface area contributed by atoms with Crippen LogP contribution in [-0.4, -0.2) is 12.6 Å². The van der Waals surface area contributed by atoms with Gasteiger partial charge in [0.2, 0.25) is 0 Å². The van der Waals surface area contributed by atoms with Gasteiger partial charge in [-0.05, 0) is 36.6 Å². The zero-order chi connectivity index (χ0) is 12.1. The summed E-state index contributed by atoms with van der Waals surface area (Å²) in [5.41, 5.74) is 1.98. The van der Waals surface area contributed by atoms with Crippen molar-refractivity contribution in [2.75, 3.05) is 6.61 Å². The zero-order valence-electron chi connectivity index (χ0n) is 9.35. The Labute approximate surface area is 99.4 Å². The first-order valence-electron chi connectivity index (χ1n) is 5.08. The summed E-state index contributed by atoms with van der Waals surface area (Å²) in [5.74, 6) is -0.559. The van der Waals surface area contributed by atoms with E-state index in [1.807, 2.05) is 6.92 Å². The second-order valence-electron chi connectivity index (χ2n) is 3.49. The molecule has 88 valence electrons. The molecule has 0 saturated carbocycles. The summed E-state index contributed by atoms with van der Waals surface area (Å²) in [6, 6.07) is 3.01. The molecular formula is C12H14ClFO2. The lowest BCUT2D eigenvalue weighted by atomic mass is 10.0. The van der Waals surface area contributed by atoms with Crippen LogP contribution in [0.1, 0.15) is 23.6 Å². The maximum Gasteiger partial charge on any atom is 0.310 e. The van der Waals surface area contributed by atoms with Crippen LogP contribution in [0, 0.1) is 12.7 Å². The van der Waals surface area contributed by atoms with Gasteiger partial charge in [-0.15, -0.1) is 11.6 Å². The Morgan fingerprint density at radius 2 is 2.12 bits per heavy atom. The second-order valence-corrected chi connectivity index (χ2v) is 3.75. The third-order valence-corrected chi connectivity index (χ3v) is 2.58. The van der Waals surface area contributed by atoms with Crippen molar-refractivity contribution in [2.24, 2.45) is 0 Å². The lowest BCUT2D eigenvalue weighted by molar-refractivity contribution is -0.142. The van der Waals surface area contributed by atoms with Crippen LogP contribution in [0.2, 0.25) is 0 Å². The average Bonchev–Trinajstić information content (AvgIpc) is 2.23. The quantitative estimate of drug-likeness (QED) is 0.601. The van der Waals surface area contributed by atoms with Crippen molar-refractivity contribution in [3.05, 3.63) is 34.6 Å². The molecule has 0 atom stereocenters. The molecule has 0 unspecified atom stereocenters. The van der Waals surface area contributed by atoms with E-state index in [9.17, 15) is 9.18 Å². The minimum absolute atomic E-state index is 0.0386. The molecule has 0 amide bonds. The normalized spacial score (nSPS) is 10.2. The van der Waals surface area contributed by atoms with Gasteiger partial charge in [-0.2, -0.15) is 0 Å². The Bertz CT molecular complexity index is 391. The number of hydrogen-bond donors (Lipinski definition) is 0. The van der Waals surface area contributed by atoms with Crippen molar-refractivity contribution in [1.82, 2.24) is 0 Å². The molecule has 0 aliphatic rings. The minimum Gasteiger partial charge on any atom is -0.466 e. The number of aryl methyl sites for hydroxylation is 1. The predicted octanol–water partition coefficient (Wildman–Crippen LogP) is 2.98. The van der Waals surface area contributed by atoms with E-state index >= 15 is 0 Å². The van der Waals surface area contributed by atoms with Gasteiger partial charge in [0.05, 0.1) is 13.0 Å². The van der Waals surface area contributed by atoms with Crippen LogP contribution in [0.25, 0.3) is 0 Å². The molecule has 0 N–H and O–H groups in total. The third kappa shape index (κ3) is 3.20. The number of halogens is 2. The van der Waals surface area contributed by atoms with E-state index in [0.717, 1.165) is 11.1 Å². The first kappa shape index (κ1) is 13.0. The SMILES string of the molecule is CCOC(=O)Cc1cc(C)c(CCl)cc1F. The molecule has 0 aliphatic heterocycles. The Morgan fingerprint density at radius 3 is 2.69 bits per heavy atom. The molecule has 1 aromatic rings. The maximum absolute atomic E-state index is 13.6. The van der Waals surface area contributed by atoms with Gasteiger partial charge in [0.1, 0.15) is 5.82 Å². The molecule has 4 heteroatoms. The summed E-state index contributed by atoms with van der Waals surface area (Å²) in [4.78, 5) is 11.2. The number of rotatable bonds is 4. The summed E-state index contributed by atoms with van der Waals surface area (Å²) in [7, 11) is 0. The standard InChI is InChI=1S/C12H14ClFO2/c1-3-16-12(15)6-9-4-8(2)10(7-13)5-11(9)14/h4-5H,3,6-7H2,1-2H3. The van der Waals surface area contributed by atoms with Crippen molar-refractivity contribution >= 4 is 17.6 Å². The highest BCUT2D eigenvalue weighted by Crippen LogP contribution is 2.18. The second kappa shape index (κ2) is 5.85. The van der Waals surface area contributed by atoms with Crippen LogP contribution in [0.4, 0.5) is 4.39 Å². The fourth-order valence-electron chi connectivity index (χ4n) is 1.43. The molecule has 1 rings (SSSR count). The number of benzene rings is 1. The van der Waals surface area contributed by atoms with Gasteiger partial charge in [0.15, 0.2) is 0 Å². The highest BCUT2D eigenvalue weighted by molar-refractivity contribution is 6.17. The summed E-state index contributed by atoms with van der Waals surface area (Å²) in [5, 5.41) is 0. The van der Waals surface area contributed by atoms with Crippen molar-refractivity contribution < 1.29 is 13.9 Å². The smallest absolute Gasteiger partial charge is 0.310 e. The van der Waals surface area contributed by atoms with E-state index < -0.39 is 11.8 Å². The van der Waals surface area contributed by atoms with Crippen molar-refractivity contribution in [3.63, 3.8) is 0 Å². The monoisotopic (exact) mass is 244 g/mol. The van der Waals surface area contributed by atoms with Gasteiger partial charge < -0.3 is 4.74 Å². The fraction of sp³-hybridized carbons (Fsp3) is 0.417. The molecular weight excluding hydrogens is 231 g/mol.